The Balaban J connectivity index is 1.65. The SMILES string of the molecule is CC1CCC(C(C)C)C(OC(=O)COC(=O)c2cc(S(=O)(=O)N(C)Cc3ccccc3)ccc2Cl)C1. The highest BCUT2D eigenvalue weighted by Crippen LogP contribution is 2.35. The van der Waals surface area contributed by atoms with Crippen molar-refractivity contribution in [3.63, 3.8) is 0 Å². The number of hydrogen-bond donors (Lipinski definition) is 0. The Morgan fingerprint density at radius 3 is 2.47 bits per heavy atom. The van der Waals surface area contributed by atoms with Crippen molar-refractivity contribution in [2.24, 2.45) is 17.8 Å². The molecule has 196 valence electrons. The molecule has 0 amide bonds. The summed E-state index contributed by atoms with van der Waals surface area (Å²) in [6.07, 6.45) is 2.67. The first kappa shape index (κ1) is 28.2. The lowest BCUT2D eigenvalue weighted by Crippen LogP contribution is -2.36. The van der Waals surface area contributed by atoms with E-state index in [0.29, 0.717) is 11.8 Å². The van der Waals surface area contributed by atoms with Gasteiger partial charge in [0.15, 0.2) is 6.61 Å². The van der Waals surface area contributed by atoms with Gasteiger partial charge in [-0.15, -0.1) is 0 Å². The Morgan fingerprint density at radius 2 is 1.81 bits per heavy atom. The third kappa shape index (κ3) is 7.08. The molecule has 1 aliphatic carbocycles. The van der Waals surface area contributed by atoms with E-state index in [4.69, 9.17) is 21.1 Å². The molecule has 0 heterocycles. The van der Waals surface area contributed by atoms with Gasteiger partial charge in [-0.1, -0.05) is 69.1 Å². The maximum atomic E-state index is 13.1. The Bertz CT molecular complexity index is 1170. The molecule has 3 unspecified atom stereocenters. The lowest BCUT2D eigenvalue weighted by atomic mass is 9.75. The van der Waals surface area contributed by atoms with E-state index in [1.54, 1.807) is 0 Å². The normalized spacial score (nSPS) is 20.4. The van der Waals surface area contributed by atoms with Gasteiger partial charge in [0.05, 0.1) is 15.5 Å². The number of carbonyl (C=O) groups excluding carboxylic acids is 2. The molecule has 0 N–H and O–H groups in total. The number of halogens is 1. The molecule has 0 radical (unpaired) electrons. The van der Waals surface area contributed by atoms with Crippen molar-refractivity contribution in [1.82, 2.24) is 4.31 Å². The summed E-state index contributed by atoms with van der Waals surface area (Å²) in [6, 6.07) is 13.0. The van der Waals surface area contributed by atoms with Gasteiger partial charge in [0, 0.05) is 13.6 Å². The van der Waals surface area contributed by atoms with E-state index in [1.807, 2.05) is 30.3 Å². The first-order valence-corrected chi connectivity index (χ1v) is 14.0. The monoisotopic (exact) mass is 535 g/mol. The van der Waals surface area contributed by atoms with Gasteiger partial charge in [0.1, 0.15) is 6.10 Å². The Morgan fingerprint density at radius 1 is 1.11 bits per heavy atom. The molecule has 2 aromatic carbocycles. The summed E-state index contributed by atoms with van der Waals surface area (Å²) in [6.45, 7) is 5.95. The van der Waals surface area contributed by atoms with Crippen LogP contribution in [0.3, 0.4) is 0 Å². The van der Waals surface area contributed by atoms with Crippen molar-refractivity contribution in [3.05, 3.63) is 64.7 Å². The van der Waals surface area contributed by atoms with Crippen LogP contribution >= 0.6 is 11.6 Å². The van der Waals surface area contributed by atoms with Crippen LogP contribution in [0.2, 0.25) is 5.02 Å². The molecule has 2 aromatic rings. The van der Waals surface area contributed by atoms with Gasteiger partial charge in [-0.3, -0.25) is 0 Å². The molecule has 7 nitrogen and oxygen atoms in total. The van der Waals surface area contributed by atoms with E-state index >= 15 is 0 Å². The topological polar surface area (TPSA) is 90.0 Å². The summed E-state index contributed by atoms with van der Waals surface area (Å²) in [5, 5.41) is 0.0269. The molecule has 0 aromatic heterocycles. The molecule has 9 heteroatoms. The van der Waals surface area contributed by atoms with Crippen LogP contribution in [0.25, 0.3) is 0 Å². The summed E-state index contributed by atoms with van der Waals surface area (Å²) in [7, 11) is -2.44. The second-order valence-electron chi connectivity index (χ2n) is 9.82. The number of benzene rings is 2. The number of rotatable bonds is 9. The van der Waals surface area contributed by atoms with Crippen LogP contribution in [-0.2, 0) is 30.8 Å². The fourth-order valence-electron chi connectivity index (χ4n) is 4.58. The van der Waals surface area contributed by atoms with Crippen LogP contribution in [-0.4, -0.2) is 44.4 Å². The third-order valence-electron chi connectivity index (χ3n) is 6.68. The highest BCUT2D eigenvalue weighted by Gasteiger charge is 2.33. The molecule has 0 spiro atoms. The van der Waals surface area contributed by atoms with Gasteiger partial charge in [-0.05, 0) is 54.4 Å². The fraction of sp³-hybridized carbons (Fsp3) is 0.481. The van der Waals surface area contributed by atoms with E-state index in [-0.39, 0.29) is 34.0 Å². The Hall–Kier alpha value is -2.42. The van der Waals surface area contributed by atoms with Crippen LogP contribution in [0.4, 0.5) is 0 Å². The molecule has 1 aliphatic rings. The maximum Gasteiger partial charge on any atom is 0.344 e. The van der Waals surface area contributed by atoms with Crippen LogP contribution in [0.1, 0.15) is 56.0 Å². The maximum absolute atomic E-state index is 13.1. The first-order chi connectivity index (χ1) is 17.0. The smallest absolute Gasteiger partial charge is 0.344 e. The van der Waals surface area contributed by atoms with Crippen LogP contribution in [0.15, 0.2) is 53.4 Å². The van der Waals surface area contributed by atoms with Gasteiger partial charge in [0.2, 0.25) is 10.0 Å². The van der Waals surface area contributed by atoms with Crippen molar-refractivity contribution in [1.29, 1.82) is 0 Å². The molecule has 1 saturated carbocycles. The highest BCUT2D eigenvalue weighted by molar-refractivity contribution is 7.89. The van der Waals surface area contributed by atoms with Gasteiger partial charge >= 0.3 is 11.9 Å². The third-order valence-corrected chi connectivity index (χ3v) is 8.81. The minimum Gasteiger partial charge on any atom is -0.460 e. The molecule has 0 aliphatic heterocycles. The van der Waals surface area contributed by atoms with Gasteiger partial charge in [0.25, 0.3) is 0 Å². The average Bonchev–Trinajstić information content (AvgIpc) is 2.83. The predicted molar refractivity (Wildman–Crippen MR) is 138 cm³/mol. The molecule has 36 heavy (non-hydrogen) atoms. The number of sulfonamides is 1. The van der Waals surface area contributed by atoms with Crippen LogP contribution in [0.5, 0.6) is 0 Å². The van der Waals surface area contributed by atoms with Crippen LogP contribution < -0.4 is 0 Å². The molecule has 1 fully saturated rings. The lowest BCUT2D eigenvalue weighted by Gasteiger charge is -2.36. The van der Waals surface area contributed by atoms with Crippen molar-refractivity contribution >= 4 is 33.6 Å². The predicted octanol–water partition coefficient (Wildman–Crippen LogP) is 5.32. The highest BCUT2D eigenvalue weighted by atomic mass is 35.5. The average molecular weight is 536 g/mol. The van der Waals surface area contributed by atoms with Gasteiger partial charge < -0.3 is 9.47 Å². The van der Waals surface area contributed by atoms with Crippen molar-refractivity contribution in [2.75, 3.05) is 13.7 Å². The number of esters is 2. The number of ether oxygens (including phenoxy) is 2. The molecular formula is C27H34ClNO6S. The zero-order valence-electron chi connectivity index (χ0n) is 21.1. The van der Waals surface area contributed by atoms with Gasteiger partial charge in [-0.25, -0.2) is 18.0 Å². The largest absolute Gasteiger partial charge is 0.460 e. The van der Waals surface area contributed by atoms with Crippen molar-refractivity contribution < 1.29 is 27.5 Å². The van der Waals surface area contributed by atoms with E-state index in [9.17, 15) is 18.0 Å². The van der Waals surface area contributed by atoms with Crippen molar-refractivity contribution in [2.45, 2.75) is 57.6 Å². The quantitative estimate of drug-likeness (QED) is 0.404. The lowest BCUT2D eigenvalue weighted by molar-refractivity contribution is -0.159. The van der Waals surface area contributed by atoms with E-state index in [2.05, 4.69) is 20.8 Å². The summed E-state index contributed by atoms with van der Waals surface area (Å²) < 4.78 is 38.2. The fourth-order valence-corrected chi connectivity index (χ4v) is 5.96. The zero-order valence-corrected chi connectivity index (χ0v) is 22.7. The minimum atomic E-state index is -3.90. The molecule has 3 atom stereocenters. The Kier molecular flexibility index (Phi) is 9.55. The molecule has 0 saturated heterocycles. The number of nitrogens with zero attached hydrogens (tertiary/aromatic N) is 1. The second-order valence-corrected chi connectivity index (χ2v) is 12.3. The summed E-state index contributed by atoms with van der Waals surface area (Å²) >= 11 is 6.17. The zero-order chi connectivity index (χ0) is 26.5. The van der Waals surface area contributed by atoms with Crippen LogP contribution in [0, 0.1) is 17.8 Å². The van der Waals surface area contributed by atoms with E-state index < -0.39 is 28.6 Å². The standard InChI is InChI=1S/C27H34ClNO6S/c1-18(2)22-12-10-19(3)14-25(22)35-26(30)17-34-27(31)23-15-21(11-13-24(23)28)36(32,33)29(4)16-20-8-6-5-7-9-20/h5-9,11,13,15,18-19,22,25H,10,12,14,16-17H2,1-4H3. The number of carbonyl (C=O) groups is 2. The number of hydrogen-bond acceptors (Lipinski definition) is 6. The summed E-state index contributed by atoms with van der Waals surface area (Å²) in [5.41, 5.74) is 0.688. The van der Waals surface area contributed by atoms with Gasteiger partial charge in [-0.2, -0.15) is 4.31 Å². The molecule has 3 rings (SSSR count). The summed E-state index contributed by atoms with van der Waals surface area (Å²) in [4.78, 5) is 25.1. The van der Waals surface area contributed by atoms with Crippen molar-refractivity contribution in [3.8, 4) is 0 Å². The van der Waals surface area contributed by atoms with E-state index in [0.717, 1.165) is 24.8 Å². The second kappa shape index (κ2) is 12.2. The van der Waals surface area contributed by atoms with E-state index in [1.165, 1.54) is 29.6 Å². The molecular weight excluding hydrogens is 502 g/mol. The summed E-state index contributed by atoms with van der Waals surface area (Å²) in [5.74, 6) is -0.414. The Labute approximate surface area is 218 Å². The molecule has 0 bridgehead atoms. The first-order valence-electron chi connectivity index (χ1n) is 12.2. The minimum absolute atomic E-state index is 0.0269.